The summed E-state index contributed by atoms with van der Waals surface area (Å²) >= 11 is 3.92. The summed E-state index contributed by atoms with van der Waals surface area (Å²) in [5, 5.41) is 6.65. The first kappa shape index (κ1) is 71.5. The molecule has 112 heavy (non-hydrogen) atoms. The van der Waals surface area contributed by atoms with Crippen molar-refractivity contribution in [2.75, 3.05) is 29.4 Å². The number of thiophene rings is 2. The zero-order chi connectivity index (χ0) is 77.2. The maximum atomic E-state index is 2.75. The lowest BCUT2D eigenvalue weighted by Gasteiger charge is -2.47. The number of anilines is 18. The van der Waals surface area contributed by atoms with Crippen LogP contribution in [0.5, 0.6) is 0 Å². The molecule has 19 rings (SSSR count). The summed E-state index contributed by atoms with van der Waals surface area (Å²) in [6.45, 7) is 35.5. The summed E-state index contributed by atoms with van der Waals surface area (Å²) in [5.41, 5.74) is 29.4. The fraction of sp³-hybridized carbons (Fsp3) is 0.180. The van der Waals surface area contributed by atoms with E-state index in [2.05, 4.69) is 428 Å². The van der Waals surface area contributed by atoms with Crippen LogP contribution in [0.25, 0.3) is 20.2 Å². The molecule has 6 nitrogen and oxygen atoms in total. The third kappa shape index (κ3) is 11.9. The average molecular weight is 1520 g/mol. The van der Waals surface area contributed by atoms with Gasteiger partial charge in [0.15, 0.2) is 0 Å². The van der Waals surface area contributed by atoms with E-state index in [-0.39, 0.29) is 29.7 Å². The van der Waals surface area contributed by atoms with Crippen LogP contribution >= 0.6 is 22.7 Å². The van der Waals surface area contributed by atoms with Crippen molar-refractivity contribution in [3.05, 3.63) is 314 Å². The lowest BCUT2D eigenvalue weighted by atomic mass is 9.31. The van der Waals surface area contributed by atoms with Gasteiger partial charge >= 0.3 is 0 Å². The van der Waals surface area contributed by atoms with Gasteiger partial charge in [-0.25, -0.2) is 0 Å². The Morgan fingerprint density at radius 1 is 0.286 bits per heavy atom. The smallest absolute Gasteiger partial charge is 0.264 e. The minimum Gasteiger partial charge on any atom is -0.311 e. The summed E-state index contributed by atoms with van der Waals surface area (Å²) in [5.74, 6) is 0. The summed E-state index contributed by atoms with van der Waals surface area (Å²) < 4.78 is 3.90. The van der Waals surface area contributed by atoms with Gasteiger partial charge in [-0.05, 0) is 211 Å². The van der Waals surface area contributed by atoms with Gasteiger partial charge in [-0.1, -0.05) is 264 Å². The van der Waals surface area contributed by atoms with Crippen LogP contribution in [-0.2, 0) is 16.2 Å². The molecule has 2 aromatic heterocycles. The minimum absolute atomic E-state index is 0.0465. The highest BCUT2D eigenvalue weighted by molar-refractivity contribution is 7.34. The largest absolute Gasteiger partial charge is 0.311 e. The molecule has 550 valence electrons. The standard InChI is InChI=1S/C100H94B2N6S2Si2/c1-98(2,3)65-40-45-74(46-41-65)107-88-61-76(103(68-30-20-16-21-31-68)69-32-22-17-23-33-69)60-87-94(88)102(96-95(107)81-58-67(100(7,8)9)44-57-91(81)109-96)83-63-82-84(64-85(83)106(87)73-51-55-79(56-52-73)112(13,14)15)105(72-49-53-78(54-50-72)111(10,11)12)86-59-77(104(70-34-24-18-25-35-70)71-36-26-19-27-37-71)62-89-93(86)101(82)92-80-38-28-29-39-90(80)110-97(92)108(89)75-47-42-66(43-48-75)99(4,5)6/h16-64H,1-15H3. The van der Waals surface area contributed by atoms with E-state index in [0.717, 1.165) is 73.9 Å². The van der Waals surface area contributed by atoms with Crippen molar-refractivity contribution in [1.82, 2.24) is 0 Å². The molecule has 4 aliphatic heterocycles. The van der Waals surface area contributed by atoms with Crippen molar-refractivity contribution >= 4 is 217 Å². The number of para-hydroxylation sites is 4. The second kappa shape index (κ2) is 26.4. The van der Waals surface area contributed by atoms with E-state index in [0.29, 0.717) is 0 Å². The van der Waals surface area contributed by atoms with Gasteiger partial charge in [0.2, 0.25) is 0 Å². The number of benzene rings is 13. The highest BCUT2D eigenvalue weighted by Crippen LogP contribution is 2.55. The third-order valence-corrected chi connectivity index (χ3v) is 30.3. The Labute approximate surface area is 672 Å². The normalized spacial score (nSPS) is 13.7. The van der Waals surface area contributed by atoms with Crippen LogP contribution in [0.4, 0.5) is 102 Å². The lowest BCUT2D eigenvalue weighted by Crippen LogP contribution is -2.64. The first-order chi connectivity index (χ1) is 53.7. The molecule has 0 saturated heterocycles. The van der Waals surface area contributed by atoms with Crippen molar-refractivity contribution in [1.29, 1.82) is 0 Å². The Morgan fingerprint density at radius 2 is 0.643 bits per heavy atom. The Hall–Kier alpha value is -10.9. The molecule has 0 N–H and O–H groups in total. The fourth-order valence-corrected chi connectivity index (χ4v) is 22.8. The van der Waals surface area contributed by atoms with Gasteiger partial charge in [0, 0.05) is 99.2 Å². The number of rotatable bonds is 12. The first-order valence-corrected chi connectivity index (χ1v) is 48.4. The summed E-state index contributed by atoms with van der Waals surface area (Å²) in [7, 11) is -3.60. The molecule has 15 aromatic rings. The molecule has 0 radical (unpaired) electrons. The van der Waals surface area contributed by atoms with Gasteiger partial charge in [0.25, 0.3) is 13.4 Å². The topological polar surface area (TPSA) is 19.4 Å². The van der Waals surface area contributed by atoms with Crippen LogP contribution < -0.4 is 71.9 Å². The molecule has 0 unspecified atom stereocenters. The first-order valence-electron chi connectivity index (χ1n) is 39.8. The zero-order valence-corrected chi connectivity index (χ0v) is 70.6. The van der Waals surface area contributed by atoms with Crippen molar-refractivity contribution in [3.63, 3.8) is 0 Å². The molecule has 12 heteroatoms. The maximum absolute atomic E-state index is 2.75. The number of fused-ring (bicyclic) bond motifs is 12. The Morgan fingerprint density at radius 3 is 1.08 bits per heavy atom. The monoisotopic (exact) mass is 1520 g/mol. The van der Waals surface area contributed by atoms with Crippen LogP contribution in [0.15, 0.2) is 297 Å². The minimum atomic E-state index is -1.80. The fourth-order valence-electron chi connectivity index (χ4n) is 17.9. The molecule has 0 spiro atoms. The van der Waals surface area contributed by atoms with E-state index in [4.69, 9.17) is 0 Å². The van der Waals surface area contributed by atoms with Crippen LogP contribution in [0, 0.1) is 0 Å². The Bertz CT molecular complexity index is 6090. The van der Waals surface area contributed by atoms with Crippen molar-refractivity contribution < 1.29 is 0 Å². The van der Waals surface area contributed by atoms with Crippen LogP contribution in [-0.4, -0.2) is 29.6 Å². The van der Waals surface area contributed by atoms with Gasteiger partial charge in [-0.2, -0.15) is 0 Å². The van der Waals surface area contributed by atoms with Gasteiger partial charge in [0.05, 0.1) is 38.2 Å². The van der Waals surface area contributed by atoms with Crippen LogP contribution in [0.2, 0.25) is 39.3 Å². The quantitative estimate of drug-likeness (QED) is 0.113. The number of nitrogens with zero attached hydrogens (tertiary/aromatic N) is 6. The highest BCUT2D eigenvalue weighted by atomic mass is 32.1. The molecular weight excluding hydrogens is 1430 g/mol. The van der Waals surface area contributed by atoms with Gasteiger partial charge in [-0.15, -0.1) is 22.7 Å². The molecule has 0 aliphatic carbocycles. The molecular formula is C100H94B2N6S2Si2. The van der Waals surface area contributed by atoms with Crippen molar-refractivity contribution in [2.45, 2.75) is 118 Å². The third-order valence-electron chi connectivity index (χ3n) is 23.7. The summed E-state index contributed by atoms with van der Waals surface area (Å²) in [6, 6.07) is 115. The van der Waals surface area contributed by atoms with Gasteiger partial charge in [0.1, 0.15) is 0 Å². The van der Waals surface area contributed by atoms with Crippen LogP contribution in [0.1, 0.15) is 79.0 Å². The molecule has 6 heterocycles. The molecule has 0 amide bonds. The predicted octanol–water partition coefficient (Wildman–Crippen LogP) is 24.2. The van der Waals surface area contributed by atoms with Crippen LogP contribution in [0.3, 0.4) is 0 Å². The molecule has 13 aromatic carbocycles. The van der Waals surface area contributed by atoms with E-state index in [9.17, 15) is 0 Å². The summed E-state index contributed by atoms with van der Waals surface area (Å²) in [4.78, 5) is 15.7. The van der Waals surface area contributed by atoms with E-state index in [1.807, 2.05) is 22.7 Å². The highest BCUT2D eigenvalue weighted by Gasteiger charge is 2.51. The van der Waals surface area contributed by atoms with Gasteiger partial charge < -0.3 is 29.4 Å². The Kier molecular flexibility index (Phi) is 16.8. The average Bonchev–Trinajstić information content (AvgIpc) is 1.21. The van der Waals surface area contributed by atoms with Crippen molar-refractivity contribution in [3.8, 4) is 0 Å². The summed E-state index contributed by atoms with van der Waals surface area (Å²) in [6.07, 6.45) is 0. The predicted molar refractivity (Wildman–Crippen MR) is 497 cm³/mol. The number of hydrogen-bond acceptors (Lipinski definition) is 8. The zero-order valence-electron chi connectivity index (χ0n) is 66.9. The molecule has 0 fully saturated rings. The Balaban J connectivity index is 0.982. The van der Waals surface area contributed by atoms with E-state index in [1.54, 1.807) is 0 Å². The van der Waals surface area contributed by atoms with Gasteiger partial charge in [-0.3, -0.25) is 0 Å². The van der Waals surface area contributed by atoms with E-state index in [1.165, 1.54) is 107 Å². The molecule has 0 atom stereocenters. The van der Waals surface area contributed by atoms with E-state index >= 15 is 0 Å². The molecule has 0 saturated carbocycles. The molecule has 0 bridgehead atoms. The SMILES string of the molecule is CC(C)(C)c1ccc(N2c3cc(N(c4ccccc4)c4ccccc4)cc4c3B(c3cc5c(cc3N4c3ccc([Si](C)(C)C)cc3)N(c3ccc([Si](C)(C)C)cc3)c3cc(N(c4ccccc4)c4ccccc4)cc4c3B5c3sc5ccc(C(C)(C)C)cc5c3N4c3ccc(C(C)(C)C)cc3)c3c2sc2ccccc32)cc1. The molecule has 4 aliphatic rings. The van der Waals surface area contributed by atoms with E-state index < -0.39 is 16.1 Å². The maximum Gasteiger partial charge on any atom is 0.264 e. The van der Waals surface area contributed by atoms with Crippen molar-refractivity contribution in [2.24, 2.45) is 0 Å². The second-order valence-corrected chi connectivity index (χ2v) is 48.5. The second-order valence-electron chi connectivity index (χ2n) is 36.3. The lowest BCUT2D eigenvalue weighted by molar-refractivity contribution is 0.590. The number of hydrogen-bond donors (Lipinski definition) is 0.